The Morgan fingerprint density at radius 2 is 1.54 bits per heavy atom. The van der Waals surface area contributed by atoms with Crippen molar-refractivity contribution < 1.29 is 23.8 Å². The molecule has 0 bridgehead atoms. The van der Waals surface area contributed by atoms with Crippen LogP contribution in [0.3, 0.4) is 0 Å². The third-order valence-electron chi connectivity index (χ3n) is 4.81. The predicted molar refractivity (Wildman–Crippen MR) is 102 cm³/mol. The maximum absolute atomic E-state index is 13.7. The summed E-state index contributed by atoms with van der Waals surface area (Å²) in [6.45, 7) is 0.0809. The molecule has 3 aromatic carbocycles. The first kappa shape index (κ1) is 17.7. The number of carboxylic acids is 1. The fourth-order valence-corrected chi connectivity index (χ4v) is 3.59. The van der Waals surface area contributed by atoms with Crippen LogP contribution in [0.2, 0.25) is 0 Å². The SMILES string of the molecule is O=C(Nc1cccc(F)c1C(=O)O)OCC1c2ccccc2-c2ccccc21. The number of fused-ring (bicyclic) bond motifs is 3. The second-order valence-corrected chi connectivity index (χ2v) is 6.42. The van der Waals surface area contributed by atoms with Crippen LogP contribution in [0.4, 0.5) is 14.9 Å². The van der Waals surface area contributed by atoms with Crippen LogP contribution in [0.5, 0.6) is 0 Å². The van der Waals surface area contributed by atoms with Crippen molar-refractivity contribution in [3.05, 3.63) is 89.2 Å². The molecule has 0 saturated carbocycles. The first-order chi connectivity index (χ1) is 13.6. The summed E-state index contributed by atoms with van der Waals surface area (Å²) in [4.78, 5) is 23.5. The number of amides is 1. The van der Waals surface area contributed by atoms with Crippen LogP contribution >= 0.6 is 0 Å². The Bertz CT molecular complexity index is 1030. The fraction of sp³-hybridized carbons (Fsp3) is 0.0909. The summed E-state index contributed by atoms with van der Waals surface area (Å²) in [7, 11) is 0. The second-order valence-electron chi connectivity index (χ2n) is 6.42. The molecule has 140 valence electrons. The minimum atomic E-state index is -1.47. The number of nitrogens with one attached hydrogen (secondary N) is 1. The molecule has 0 heterocycles. The topological polar surface area (TPSA) is 75.6 Å². The van der Waals surface area contributed by atoms with Crippen LogP contribution in [-0.4, -0.2) is 23.8 Å². The third-order valence-corrected chi connectivity index (χ3v) is 4.81. The quantitative estimate of drug-likeness (QED) is 0.679. The van der Waals surface area contributed by atoms with E-state index in [1.807, 2.05) is 48.5 Å². The number of carboxylic acid groups (broad SMARTS) is 1. The molecular formula is C22H16FNO4. The number of rotatable bonds is 4. The summed E-state index contributed by atoms with van der Waals surface area (Å²) in [6.07, 6.45) is -0.838. The van der Waals surface area contributed by atoms with Gasteiger partial charge in [-0.3, -0.25) is 5.32 Å². The number of carbonyl (C=O) groups is 2. The molecule has 4 rings (SSSR count). The molecule has 0 radical (unpaired) electrons. The lowest BCUT2D eigenvalue weighted by molar-refractivity contribution is 0.0693. The summed E-state index contributed by atoms with van der Waals surface area (Å²) in [5, 5.41) is 11.5. The van der Waals surface area contributed by atoms with E-state index in [0.717, 1.165) is 28.3 Å². The van der Waals surface area contributed by atoms with Gasteiger partial charge in [-0.15, -0.1) is 0 Å². The molecule has 0 aliphatic heterocycles. The van der Waals surface area contributed by atoms with Crippen LogP contribution in [0.15, 0.2) is 66.7 Å². The van der Waals surface area contributed by atoms with Gasteiger partial charge in [0.2, 0.25) is 0 Å². The van der Waals surface area contributed by atoms with Gasteiger partial charge in [0.25, 0.3) is 0 Å². The Kier molecular flexibility index (Phi) is 4.53. The lowest BCUT2D eigenvalue weighted by Gasteiger charge is -2.15. The Morgan fingerprint density at radius 3 is 2.14 bits per heavy atom. The largest absolute Gasteiger partial charge is 0.478 e. The lowest BCUT2D eigenvalue weighted by atomic mass is 9.98. The number of anilines is 1. The van der Waals surface area contributed by atoms with Crippen LogP contribution in [0, 0.1) is 5.82 Å². The highest BCUT2D eigenvalue weighted by Gasteiger charge is 2.29. The van der Waals surface area contributed by atoms with E-state index in [1.165, 1.54) is 12.1 Å². The van der Waals surface area contributed by atoms with E-state index in [0.29, 0.717) is 0 Å². The summed E-state index contributed by atoms with van der Waals surface area (Å²) in [5.74, 6) is -2.51. The molecule has 5 nitrogen and oxygen atoms in total. The number of hydrogen-bond acceptors (Lipinski definition) is 3. The zero-order valence-electron chi connectivity index (χ0n) is 14.7. The molecule has 1 aliphatic carbocycles. The average molecular weight is 377 g/mol. The molecule has 0 atom stereocenters. The maximum atomic E-state index is 13.7. The van der Waals surface area contributed by atoms with Gasteiger partial charge in [0.05, 0.1) is 5.69 Å². The van der Waals surface area contributed by atoms with E-state index in [2.05, 4.69) is 5.32 Å². The van der Waals surface area contributed by atoms with E-state index in [-0.39, 0.29) is 18.2 Å². The van der Waals surface area contributed by atoms with Gasteiger partial charge in [-0.2, -0.15) is 0 Å². The molecule has 0 fully saturated rings. The van der Waals surface area contributed by atoms with Gasteiger partial charge in [-0.25, -0.2) is 14.0 Å². The second kappa shape index (κ2) is 7.15. The molecule has 0 unspecified atom stereocenters. The summed E-state index contributed by atoms with van der Waals surface area (Å²) < 4.78 is 19.1. The van der Waals surface area contributed by atoms with Gasteiger partial charge in [-0.05, 0) is 34.4 Å². The van der Waals surface area contributed by atoms with Gasteiger partial charge in [0.15, 0.2) is 0 Å². The van der Waals surface area contributed by atoms with Gasteiger partial charge >= 0.3 is 12.1 Å². The van der Waals surface area contributed by atoms with Crippen molar-refractivity contribution in [3.63, 3.8) is 0 Å². The monoisotopic (exact) mass is 377 g/mol. The molecule has 0 saturated heterocycles. The van der Waals surface area contributed by atoms with Crippen molar-refractivity contribution in [2.45, 2.75) is 5.92 Å². The zero-order valence-corrected chi connectivity index (χ0v) is 14.7. The Balaban J connectivity index is 1.52. The molecule has 2 N–H and O–H groups in total. The number of hydrogen-bond donors (Lipinski definition) is 2. The van der Waals surface area contributed by atoms with Crippen molar-refractivity contribution >= 4 is 17.7 Å². The zero-order chi connectivity index (χ0) is 19.7. The van der Waals surface area contributed by atoms with Crippen LogP contribution in [0.1, 0.15) is 27.4 Å². The summed E-state index contributed by atoms with van der Waals surface area (Å²) in [6, 6.07) is 19.5. The normalized spacial score (nSPS) is 12.2. The minimum Gasteiger partial charge on any atom is -0.478 e. The first-order valence-electron chi connectivity index (χ1n) is 8.70. The van der Waals surface area contributed by atoms with Gasteiger partial charge in [-0.1, -0.05) is 54.6 Å². The van der Waals surface area contributed by atoms with Crippen molar-refractivity contribution in [2.24, 2.45) is 0 Å². The predicted octanol–water partition coefficient (Wildman–Crippen LogP) is 4.88. The van der Waals surface area contributed by atoms with Crippen LogP contribution in [0.25, 0.3) is 11.1 Å². The molecule has 28 heavy (non-hydrogen) atoms. The van der Waals surface area contributed by atoms with Crippen molar-refractivity contribution in [1.82, 2.24) is 0 Å². The Labute approximate surface area is 160 Å². The summed E-state index contributed by atoms with van der Waals surface area (Å²) in [5.41, 5.74) is 3.58. The minimum absolute atomic E-state index is 0.0809. The number of ether oxygens (including phenoxy) is 1. The van der Waals surface area contributed by atoms with E-state index >= 15 is 0 Å². The fourth-order valence-electron chi connectivity index (χ4n) is 3.59. The van der Waals surface area contributed by atoms with E-state index < -0.39 is 23.4 Å². The van der Waals surface area contributed by atoms with Crippen LogP contribution in [-0.2, 0) is 4.74 Å². The highest BCUT2D eigenvalue weighted by molar-refractivity contribution is 5.99. The molecule has 1 aliphatic rings. The highest BCUT2D eigenvalue weighted by atomic mass is 19.1. The molecule has 6 heteroatoms. The first-order valence-corrected chi connectivity index (χ1v) is 8.70. The summed E-state index contributed by atoms with van der Waals surface area (Å²) >= 11 is 0. The molecule has 0 spiro atoms. The van der Waals surface area contributed by atoms with Crippen LogP contribution < -0.4 is 5.32 Å². The Hall–Kier alpha value is -3.67. The van der Waals surface area contributed by atoms with E-state index in [9.17, 15) is 14.0 Å². The van der Waals surface area contributed by atoms with Gasteiger partial charge in [0, 0.05) is 5.92 Å². The molecule has 1 amide bonds. The number of aromatic carboxylic acids is 1. The van der Waals surface area contributed by atoms with Crippen molar-refractivity contribution in [1.29, 1.82) is 0 Å². The Morgan fingerprint density at radius 1 is 0.929 bits per heavy atom. The molecule has 0 aromatic heterocycles. The van der Waals surface area contributed by atoms with E-state index in [4.69, 9.17) is 9.84 Å². The number of carbonyl (C=O) groups excluding carboxylic acids is 1. The van der Waals surface area contributed by atoms with E-state index in [1.54, 1.807) is 0 Å². The van der Waals surface area contributed by atoms with Gasteiger partial charge < -0.3 is 9.84 Å². The lowest BCUT2D eigenvalue weighted by Crippen LogP contribution is -2.19. The smallest absolute Gasteiger partial charge is 0.411 e. The molecular weight excluding hydrogens is 361 g/mol. The average Bonchev–Trinajstić information content (AvgIpc) is 3.00. The number of halogens is 1. The van der Waals surface area contributed by atoms with Crippen molar-refractivity contribution in [3.8, 4) is 11.1 Å². The van der Waals surface area contributed by atoms with Crippen molar-refractivity contribution in [2.75, 3.05) is 11.9 Å². The highest BCUT2D eigenvalue weighted by Crippen LogP contribution is 2.44. The molecule has 3 aromatic rings. The maximum Gasteiger partial charge on any atom is 0.411 e. The van der Waals surface area contributed by atoms with Gasteiger partial charge in [0.1, 0.15) is 18.0 Å². The number of benzene rings is 3. The standard InChI is InChI=1S/C22H16FNO4/c23-18-10-5-11-19(20(18)21(25)26)24-22(27)28-12-17-15-8-3-1-6-13(15)14-7-2-4-9-16(14)17/h1-11,17H,12H2,(H,24,27)(H,25,26). The third kappa shape index (κ3) is 3.09.